The second-order valence-corrected chi connectivity index (χ2v) is 4.67. The van der Waals surface area contributed by atoms with Crippen molar-refractivity contribution < 1.29 is 0 Å². The number of benzene rings is 2. The van der Waals surface area contributed by atoms with Crippen molar-refractivity contribution in [3.8, 4) is 0 Å². The minimum absolute atomic E-state index is 0.209. The van der Waals surface area contributed by atoms with Crippen LogP contribution < -0.4 is 10.9 Å². The van der Waals surface area contributed by atoms with E-state index in [1.54, 1.807) is 0 Å². The second-order valence-electron chi connectivity index (χ2n) is 4.67. The van der Waals surface area contributed by atoms with Gasteiger partial charge in [-0.25, -0.2) is 5.43 Å². The fourth-order valence-electron chi connectivity index (χ4n) is 2.56. The molecule has 1 fully saturated rings. The first-order valence-electron chi connectivity index (χ1n) is 6.13. The van der Waals surface area contributed by atoms with Gasteiger partial charge in [-0.05, 0) is 11.1 Å². The van der Waals surface area contributed by atoms with E-state index in [0.717, 1.165) is 12.1 Å². The van der Waals surface area contributed by atoms with Crippen LogP contribution in [-0.4, -0.2) is 0 Å². The van der Waals surface area contributed by atoms with Crippen LogP contribution in [0.25, 0.3) is 0 Å². The van der Waals surface area contributed by atoms with Gasteiger partial charge in [0.25, 0.3) is 0 Å². The molecule has 0 atom stereocenters. The molecule has 0 spiro atoms. The SMILES string of the molecule is C=C1CC(c2ccccc2)(c2ccccc2)NN1. The molecule has 18 heavy (non-hydrogen) atoms. The van der Waals surface area contributed by atoms with Crippen molar-refractivity contribution in [3.63, 3.8) is 0 Å². The largest absolute Gasteiger partial charge is 0.325 e. The summed E-state index contributed by atoms with van der Waals surface area (Å²) in [6, 6.07) is 21.0. The quantitative estimate of drug-likeness (QED) is 0.837. The summed E-state index contributed by atoms with van der Waals surface area (Å²) in [5, 5.41) is 0. The molecule has 90 valence electrons. The Hall–Kier alpha value is -2.06. The van der Waals surface area contributed by atoms with Crippen LogP contribution in [0.4, 0.5) is 0 Å². The second kappa shape index (κ2) is 4.31. The van der Waals surface area contributed by atoms with E-state index in [2.05, 4.69) is 66.0 Å². The van der Waals surface area contributed by atoms with Crippen molar-refractivity contribution >= 4 is 0 Å². The molecule has 3 rings (SSSR count). The van der Waals surface area contributed by atoms with Crippen LogP contribution >= 0.6 is 0 Å². The lowest BCUT2D eigenvalue weighted by Crippen LogP contribution is -2.42. The van der Waals surface area contributed by atoms with Crippen molar-refractivity contribution in [2.75, 3.05) is 0 Å². The molecule has 0 saturated carbocycles. The zero-order chi connectivity index (χ0) is 12.4. The summed E-state index contributed by atoms with van der Waals surface area (Å²) in [5.41, 5.74) is 9.88. The van der Waals surface area contributed by atoms with E-state index in [4.69, 9.17) is 0 Å². The van der Waals surface area contributed by atoms with Gasteiger partial charge in [-0.15, -0.1) is 0 Å². The van der Waals surface area contributed by atoms with E-state index < -0.39 is 0 Å². The predicted molar refractivity (Wildman–Crippen MR) is 73.7 cm³/mol. The van der Waals surface area contributed by atoms with Gasteiger partial charge in [0.1, 0.15) is 0 Å². The van der Waals surface area contributed by atoms with Crippen LogP contribution in [0.15, 0.2) is 72.9 Å². The molecule has 1 aliphatic heterocycles. The number of nitrogens with one attached hydrogen (secondary N) is 2. The molecule has 2 nitrogen and oxygen atoms in total. The van der Waals surface area contributed by atoms with Gasteiger partial charge in [0.05, 0.1) is 5.54 Å². The third-order valence-electron chi connectivity index (χ3n) is 3.46. The highest BCUT2D eigenvalue weighted by Gasteiger charge is 2.38. The molecular weight excluding hydrogens is 220 g/mol. The molecule has 1 saturated heterocycles. The molecule has 0 bridgehead atoms. The highest BCUT2D eigenvalue weighted by atomic mass is 15.4. The van der Waals surface area contributed by atoms with Gasteiger partial charge in [-0.3, -0.25) is 0 Å². The number of hydrogen-bond donors (Lipinski definition) is 2. The summed E-state index contributed by atoms with van der Waals surface area (Å²) < 4.78 is 0. The van der Waals surface area contributed by atoms with Crippen molar-refractivity contribution in [2.45, 2.75) is 12.0 Å². The van der Waals surface area contributed by atoms with Crippen LogP contribution in [0.1, 0.15) is 17.5 Å². The molecule has 0 aliphatic carbocycles. The molecule has 1 heterocycles. The summed E-state index contributed by atoms with van der Waals surface area (Å²) in [7, 11) is 0. The average molecular weight is 236 g/mol. The lowest BCUT2D eigenvalue weighted by Gasteiger charge is -2.29. The first-order chi connectivity index (χ1) is 8.81. The van der Waals surface area contributed by atoms with Crippen molar-refractivity contribution in [2.24, 2.45) is 0 Å². The van der Waals surface area contributed by atoms with Gasteiger partial charge in [0.2, 0.25) is 0 Å². The topological polar surface area (TPSA) is 24.1 Å². The Balaban J connectivity index is 2.14. The summed E-state index contributed by atoms with van der Waals surface area (Å²) >= 11 is 0. The predicted octanol–water partition coefficient (Wildman–Crippen LogP) is 2.94. The Morgan fingerprint density at radius 3 is 1.72 bits per heavy atom. The molecule has 0 radical (unpaired) electrons. The highest BCUT2D eigenvalue weighted by molar-refractivity contribution is 5.41. The Labute approximate surface area is 107 Å². The fraction of sp³-hybridized carbons (Fsp3) is 0.125. The van der Waals surface area contributed by atoms with Gasteiger partial charge >= 0.3 is 0 Å². The summed E-state index contributed by atoms with van der Waals surface area (Å²) in [6.07, 6.45) is 0.862. The monoisotopic (exact) mass is 236 g/mol. The first-order valence-corrected chi connectivity index (χ1v) is 6.13. The fourth-order valence-corrected chi connectivity index (χ4v) is 2.56. The van der Waals surface area contributed by atoms with Crippen molar-refractivity contribution in [3.05, 3.63) is 84.1 Å². The van der Waals surface area contributed by atoms with Crippen LogP contribution in [-0.2, 0) is 5.54 Å². The maximum Gasteiger partial charge on any atom is 0.0923 e. The van der Waals surface area contributed by atoms with Crippen molar-refractivity contribution in [1.29, 1.82) is 0 Å². The Bertz CT molecular complexity index is 506. The van der Waals surface area contributed by atoms with E-state index >= 15 is 0 Å². The maximum absolute atomic E-state index is 4.03. The van der Waals surface area contributed by atoms with Crippen molar-refractivity contribution in [1.82, 2.24) is 10.9 Å². The first kappa shape index (κ1) is 11.1. The average Bonchev–Trinajstić information content (AvgIpc) is 2.84. The lowest BCUT2D eigenvalue weighted by atomic mass is 9.81. The zero-order valence-corrected chi connectivity index (χ0v) is 10.2. The molecule has 2 aromatic carbocycles. The van der Waals surface area contributed by atoms with Gasteiger partial charge < -0.3 is 5.43 Å². The van der Waals surface area contributed by atoms with E-state index in [-0.39, 0.29) is 5.54 Å². The van der Waals surface area contributed by atoms with Crippen LogP contribution in [0.3, 0.4) is 0 Å². The number of rotatable bonds is 2. The van der Waals surface area contributed by atoms with Crippen LogP contribution in [0.2, 0.25) is 0 Å². The van der Waals surface area contributed by atoms with Gasteiger partial charge in [-0.1, -0.05) is 67.2 Å². The standard InChI is InChI=1S/C16H16N2/c1-13-12-16(18-17-13,14-8-4-2-5-9-14)15-10-6-3-7-11-15/h2-11,17-18H,1,12H2. The zero-order valence-electron chi connectivity index (χ0n) is 10.2. The molecule has 1 aliphatic rings. The highest BCUT2D eigenvalue weighted by Crippen LogP contribution is 2.37. The molecular formula is C16H16N2. The molecule has 2 N–H and O–H groups in total. The number of hydrazine groups is 1. The smallest absolute Gasteiger partial charge is 0.0923 e. The molecule has 2 heteroatoms. The maximum atomic E-state index is 4.03. The van der Waals surface area contributed by atoms with E-state index in [0.29, 0.717) is 0 Å². The van der Waals surface area contributed by atoms with Gasteiger partial charge in [-0.2, -0.15) is 0 Å². The third-order valence-corrected chi connectivity index (χ3v) is 3.46. The van der Waals surface area contributed by atoms with Gasteiger partial charge in [0, 0.05) is 12.1 Å². The van der Waals surface area contributed by atoms with Crippen LogP contribution in [0, 0.1) is 0 Å². The minimum Gasteiger partial charge on any atom is -0.325 e. The molecule has 0 aromatic heterocycles. The minimum atomic E-state index is -0.209. The lowest BCUT2D eigenvalue weighted by molar-refractivity contribution is 0.443. The van der Waals surface area contributed by atoms with Gasteiger partial charge in [0.15, 0.2) is 0 Å². The van der Waals surface area contributed by atoms with E-state index in [1.165, 1.54) is 11.1 Å². The molecule has 0 amide bonds. The Morgan fingerprint density at radius 2 is 1.33 bits per heavy atom. The summed E-state index contributed by atoms with van der Waals surface area (Å²) in [6.45, 7) is 4.03. The molecule has 2 aromatic rings. The van der Waals surface area contributed by atoms with E-state index in [1.807, 2.05) is 12.1 Å². The number of hydrogen-bond acceptors (Lipinski definition) is 2. The summed E-state index contributed by atoms with van der Waals surface area (Å²) in [5.74, 6) is 0. The van der Waals surface area contributed by atoms with Crippen LogP contribution in [0.5, 0.6) is 0 Å². The Kier molecular flexibility index (Phi) is 2.65. The third kappa shape index (κ3) is 1.71. The normalized spacial score (nSPS) is 17.4. The molecule has 0 unspecified atom stereocenters. The summed E-state index contributed by atoms with van der Waals surface area (Å²) in [4.78, 5) is 0. The Morgan fingerprint density at radius 1 is 0.833 bits per heavy atom. The van der Waals surface area contributed by atoms with E-state index in [9.17, 15) is 0 Å².